The normalized spacial score (nSPS) is 12.8. The molecule has 1 aliphatic rings. The average molecular weight is 371 g/mol. The van der Waals surface area contributed by atoms with E-state index in [0.717, 1.165) is 16.7 Å². The van der Waals surface area contributed by atoms with Crippen LogP contribution in [0.1, 0.15) is 43.0 Å². The van der Waals surface area contributed by atoms with E-state index in [1.54, 1.807) is 23.4 Å². The molecule has 0 saturated carbocycles. The van der Waals surface area contributed by atoms with Crippen LogP contribution >= 0.6 is 0 Å². The highest BCUT2D eigenvalue weighted by Crippen LogP contribution is 2.27. The van der Waals surface area contributed by atoms with Crippen molar-refractivity contribution in [3.63, 3.8) is 0 Å². The van der Waals surface area contributed by atoms with Gasteiger partial charge >= 0.3 is 0 Å². The number of benzene rings is 2. The summed E-state index contributed by atoms with van der Waals surface area (Å²) in [6.07, 6.45) is 3.46. The minimum atomic E-state index is -0.228. The van der Waals surface area contributed by atoms with Gasteiger partial charge in [-0.3, -0.25) is 14.6 Å². The van der Waals surface area contributed by atoms with Crippen molar-refractivity contribution >= 4 is 11.8 Å². The molecule has 0 unspecified atom stereocenters. The largest absolute Gasteiger partial charge is 0.348 e. The van der Waals surface area contributed by atoms with E-state index in [1.807, 2.05) is 55.5 Å². The van der Waals surface area contributed by atoms with Crippen molar-refractivity contribution in [1.82, 2.24) is 15.2 Å². The summed E-state index contributed by atoms with van der Waals surface area (Å²) in [6.45, 7) is 3.43. The van der Waals surface area contributed by atoms with Gasteiger partial charge in [0.05, 0.1) is 11.1 Å². The van der Waals surface area contributed by atoms with Gasteiger partial charge in [-0.05, 0) is 35.7 Å². The van der Waals surface area contributed by atoms with Crippen molar-refractivity contribution in [2.24, 2.45) is 0 Å². The Morgan fingerprint density at radius 3 is 2.64 bits per heavy atom. The van der Waals surface area contributed by atoms with Gasteiger partial charge in [-0.15, -0.1) is 0 Å². The molecular weight excluding hydrogens is 350 g/mol. The molecule has 2 heterocycles. The van der Waals surface area contributed by atoms with Crippen molar-refractivity contribution in [1.29, 1.82) is 0 Å². The van der Waals surface area contributed by atoms with Crippen LogP contribution in [0.15, 0.2) is 67.0 Å². The Bertz CT molecular complexity index is 1010. The molecule has 1 aliphatic heterocycles. The molecule has 2 amide bonds. The SMILES string of the molecule is Cc1ccc(CNC(=O)c2cccc3c2C(=O)N(Cc2cccnc2)C3)cc1. The fourth-order valence-electron chi connectivity index (χ4n) is 3.43. The van der Waals surface area contributed by atoms with E-state index in [2.05, 4.69) is 10.3 Å². The molecule has 1 aromatic heterocycles. The summed E-state index contributed by atoms with van der Waals surface area (Å²) in [5.41, 5.74) is 4.99. The lowest BCUT2D eigenvalue weighted by molar-refractivity contribution is 0.0761. The third-order valence-corrected chi connectivity index (χ3v) is 4.93. The predicted octanol–water partition coefficient (Wildman–Crippen LogP) is 3.48. The van der Waals surface area contributed by atoms with Gasteiger partial charge in [-0.25, -0.2) is 0 Å². The zero-order valence-electron chi connectivity index (χ0n) is 15.7. The van der Waals surface area contributed by atoms with Crippen molar-refractivity contribution in [3.8, 4) is 0 Å². The molecule has 2 aromatic carbocycles. The quantitative estimate of drug-likeness (QED) is 0.747. The van der Waals surface area contributed by atoms with Crippen LogP contribution in [0.3, 0.4) is 0 Å². The number of carbonyl (C=O) groups excluding carboxylic acids is 2. The van der Waals surface area contributed by atoms with Gasteiger partial charge in [0.1, 0.15) is 0 Å². The summed E-state index contributed by atoms with van der Waals surface area (Å²) < 4.78 is 0. The Morgan fingerprint density at radius 1 is 1.07 bits per heavy atom. The van der Waals surface area contributed by atoms with E-state index in [1.165, 1.54) is 5.56 Å². The predicted molar refractivity (Wildman–Crippen MR) is 107 cm³/mol. The van der Waals surface area contributed by atoms with Crippen molar-refractivity contribution in [2.45, 2.75) is 26.6 Å². The maximum atomic E-state index is 13.0. The zero-order chi connectivity index (χ0) is 19.5. The van der Waals surface area contributed by atoms with Gasteiger partial charge in [0.15, 0.2) is 0 Å². The van der Waals surface area contributed by atoms with E-state index in [9.17, 15) is 9.59 Å². The highest BCUT2D eigenvalue weighted by atomic mass is 16.2. The van der Waals surface area contributed by atoms with E-state index in [0.29, 0.717) is 30.8 Å². The Labute approximate surface area is 164 Å². The number of nitrogens with one attached hydrogen (secondary N) is 1. The molecule has 3 aromatic rings. The van der Waals surface area contributed by atoms with Crippen LogP contribution in [0.5, 0.6) is 0 Å². The minimum Gasteiger partial charge on any atom is -0.348 e. The van der Waals surface area contributed by atoms with E-state index in [4.69, 9.17) is 0 Å². The molecule has 28 heavy (non-hydrogen) atoms. The van der Waals surface area contributed by atoms with Crippen LogP contribution in [-0.2, 0) is 19.6 Å². The number of nitrogens with zero attached hydrogens (tertiary/aromatic N) is 2. The lowest BCUT2D eigenvalue weighted by Crippen LogP contribution is -2.27. The monoisotopic (exact) mass is 371 g/mol. The lowest BCUT2D eigenvalue weighted by atomic mass is 10.0. The van der Waals surface area contributed by atoms with E-state index < -0.39 is 0 Å². The summed E-state index contributed by atoms with van der Waals surface area (Å²) in [5.74, 6) is -0.339. The van der Waals surface area contributed by atoms with Crippen LogP contribution in [0.25, 0.3) is 0 Å². The summed E-state index contributed by atoms with van der Waals surface area (Å²) in [7, 11) is 0. The fourth-order valence-corrected chi connectivity index (χ4v) is 3.43. The van der Waals surface area contributed by atoms with Gasteiger partial charge in [0.2, 0.25) is 0 Å². The smallest absolute Gasteiger partial charge is 0.255 e. The van der Waals surface area contributed by atoms with Crippen LogP contribution in [-0.4, -0.2) is 21.7 Å². The molecule has 140 valence electrons. The van der Waals surface area contributed by atoms with Crippen LogP contribution in [0, 0.1) is 6.92 Å². The van der Waals surface area contributed by atoms with Crippen LogP contribution in [0.4, 0.5) is 0 Å². The summed E-state index contributed by atoms with van der Waals surface area (Å²) in [4.78, 5) is 31.6. The second-order valence-corrected chi connectivity index (χ2v) is 7.03. The van der Waals surface area contributed by atoms with Crippen LogP contribution < -0.4 is 5.32 Å². The number of aromatic nitrogens is 1. The van der Waals surface area contributed by atoms with Crippen molar-refractivity contribution in [2.75, 3.05) is 0 Å². The zero-order valence-corrected chi connectivity index (χ0v) is 15.7. The molecule has 0 radical (unpaired) electrons. The number of hydrogen-bond donors (Lipinski definition) is 1. The molecule has 5 heteroatoms. The van der Waals surface area contributed by atoms with E-state index in [-0.39, 0.29) is 11.8 Å². The first-order valence-corrected chi connectivity index (χ1v) is 9.25. The second kappa shape index (κ2) is 7.64. The third-order valence-electron chi connectivity index (χ3n) is 4.93. The number of pyridine rings is 1. The number of amides is 2. The summed E-state index contributed by atoms with van der Waals surface area (Å²) in [5, 5.41) is 2.93. The Balaban J connectivity index is 1.50. The molecule has 0 bridgehead atoms. The average Bonchev–Trinajstić information content (AvgIpc) is 3.03. The number of hydrogen-bond acceptors (Lipinski definition) is 3. The number of aryl methyl sites for hydroxylation is 1. The molecule has 1 N–H and O–H groups in total. The topological polar surface area (TPSA) is 62.3 Å². The van der Waals surface area contributed by atoms with Crippen LogP contribution in [0.2, 0.25) is 0 Å². The van der Waals surface area contributed by atoms with Gasteiger partial charge < -0.3 is 10.2 Å². The molecule has 5 nitrogen and oxygen atoms in total. The van der Waals surface area contributed by atoms with Gasteiger partial charge in [0.25, 0.3) is 11.8 Å². The molecule has 0 spiro atoms. The maximum Gasteiger partial charge on any atom is 0.255 e. The highest BCUT2D eigenvalue weighted by molar-refractivity contribution is 6.09. The molecule has 0 atom stereocenters. The molecule has 0 aliphatic carbocycles. The maximum absolute atomic E-state index is 13.0. The van der Waals surface area contributed by atoms with Crippen molar-refractivity contribution in [3.05, 3.63) is 100 Å². The minimum absolute atomic E-state index is 0.111. The summed E-state index contributed by atoms with van der Waals surface area (Å²) >= 11 is 0. The first-order chi connectivity index (χ1) is 13.6. The second-order valence-electron chi connectivity index (χ2n) is 7.03. The van der Waals surface area contributed by atoms with Crippen molar-refractivity contribution < 1.29 is 9.59 Å². The lowest BCUT2D eigenvalue weighted by Gasteiger charge is -2.15. The Kier molecular flexibility index (Phi) is 4.89. The first-order valence-electron chi connectivity index (χ1n) is 9.25. The fraction of sp³-hybridized carbons (Fsp3) is 0.174. The Hall–Kier alpha value is -3.47. The summed E-state index contributed by atoms with van der Waals surface area (Å²) in [6, 6.07) is 17.3. The van der Waals surface area contributed by atoms with E-state index >= 15 is 0 Å². The van der Waals surface area contributed by atoms with Gasteiger partial charge in [-0.1, -0.05) is 48.0 Å². The third kappa shape index (κ3) is 3.64. The molecule has 0 fully saturated rings. The molecule has 4 rings (SSSR count). The number of fused-ring (bicyclic) bond motifs is 1. The standard InChI is InChI=1S/C23H21N3O2/c1-16-7-9-17(10-8-16)13-25-22(27)20-6-2-5-19-15-26(23(28)21(19)20)14-18-4-3-11-24-12-18/h2-12H,13-15H2,1H3,(H,25,27). The number of carbonyl (C=O) groups is 2. The molecular formula is C23H21N3O2. The van der Waals surface area contributed by atoms with Gasteiger partial charge in [-0.2, -0.15) is 0 Å². The first kappa shape index (κ1) is 17.9. The number of rotatable bonds is 5. The highest BCUT2D eigenvalue weighted by Gasteiger charge is 2.31. The Morgan fingerprint density at radius 2 is 1.89 bits per heavy atom. The van der Waals surface area contributed by atoms with Gasteiger partial charge in [0, 0.05) is 32.0 Å². The molecule has 0 saturated heterocycles.